The molecule has 80 valence electrons. The van der Waals surface area contributed by atoms with Crippen LogP contribution >= 0.6 is 0 Å². The number of hydrogen-bond donors (Lipinski definition) is 0. The van der Waals surface area contributed by atoms with Crippen molar-refractivity contribution in [3.05, 3.63) is 23.7 Å². The Bertz CT molecular complexity index is 288. The van der Waals surface area contributed by atoms with Crippen LogP contribution in [0.5, 0.6) is 0 Å². The summed E-state index contributed by atoms with van der Waals surface area (Å²) in [7, 11) is 0. The van der Waals surface area contributed by atoms with Gasteiger partial charge in [-0.15, -0.1) is 0 Å². The summed E-state index contributed by atoms with van der Waals surface area (Å²) >= 11 is 0. The molecule has 1 nitrogen and oxygen atoms in total. The van der Waals surface area contributed by atoms with E-state index in [1.165, 1.54) is 0 Å². The number of alkyl halides is 3. The average Bonchev–Trinajstić information content (AvgIpc) is 2.46. The van der Waals surface area contributed by atoms with E-state index in [-0.39, 0.29) is 12.3 Å². The van der Waals surface area contributed by atoms with Crippen LogP contribution in [-0.2, 0) is 0 Å². The van der Waals surface area contributed by atoms with Gasteiger partial charge in [0.25, 0.3) is 0 Å². The lowest BCUT2D eigenvalue weighted by Gasteiger charge is -2.10. The van der Waals surface area contributed by atoms with Crippen molar-refractivity contribution in [3.63, 3.8) is 0 Å². The standard InChI is InChI=1S/C10H13F3O/c1-7(5-6-10(11,12)13)9-4-3-8(2)14-9/h3-4,7H,5-6H2,1-2H3. The first-order chi connectivity index (χ1) is 6.38. The topological polar surface area (TPSA) is 13.1 Å². The zero-order valence-electron chi connectivity index (χ0n) is 8.19. The molecule has 1 aromatic heterocycles. The normalized spacial score (nSPS) is 14.4. The quantitative estimate of drug-likeness (QED) is 0.727. The van der Waals surface area contributed by atoms with E-state index in [1.54, 1.807) is 26.0 Å². The van der Waals surface area contributed by atoms with Crippen LogP contribution in [0, 0.1) is 6.92 Å². The summed E-state index contributed by atoms with van der Waals surface area (Å²) in [5.74, 6) is 1.19. The highest BCUT2D eigenvalue weighted by Gasteiger charge is 2.28. The molecule has 0 bridgehead atoms. The molecule has 0 radical (unpaired) electrons. The Morgan fingerprint density at radius 1 is 1.36 bits per heavy atom. The molecule has 1 aromatic rings. The van der Waals surface area contributed by atoms with Crippen LogP contribution < -0.4 is 0 Å². The van der Waals surface area contributed by atoms with Gasteiger partial charge in [-0.3, -0.25) is 0 Å². The predicted molar refractivity (Wildman–Crippen MR) is 47.1 cm³/mol. The summed E-state index contributed by atoms with van der Waals surface area (Å²) in [5, 5.41) is 0. The van der Waals surface area contributed by atoms with Crippen molar-refractivity contribution in [1.29, 1.82) is 0 Å². The first-order valence-corrected chi connectivity index (χ1v) is 4.51. The number of aryl methyl sites for hydroxylation is 1. The first kappa shape index (κ1) is 11.1. The zero-order chi connectivity index (χ0) is 10.8. The monoisotopic (exact) mass is 206 g/mol. The van der Waals surface area contributed by atoms with Gasteiger partial charge in [-0.25, -0.2) is 0 Å². The Balaban J connectivity index is 2.47. The number of halogens is 3. The van der Waals surface area contributed by atoms with Gasteiger partial charge in [0.2, 0.25) is 0 Å². The van der Waals surface area contributed by atoms with Crippen LogP contribution in [0.3, 0.4) is 0 Å². The van der Waals surface area contributed by atoms with Crippen molar-refractivity contribution in [1.82, 2.24) is 0 Å². The second-order valence-electron chi connectivity index (χ2n) is 3.50. The molecule has 1 atom stereocenters. The van der Waals surface area contributed by atoms with Crippen molar-refractivity contribution in [2.75, 3.05) is 0 Å². The van der Waals surface area contributed by atoms with Gasteiger partial charge in [0.1, 0.15) is 11.5 Å². The summed E-state index contributed by atoms with van der Waals surface area (Å²) in [6.07, 6.45) is -4.75. The van der Waals surface area contributed by atoms with E-state index in [0.717, 1.165) is 5.76 Å². The molecular formula is C10H13F3O. The van der Waals surface area contributed by atoms with Crippen molar-refractivity contribution < 1.29 is 17.6 Å². The van der Waals surface area contributed by atoms with Crippen LogP contribution in [0.25, 0.3) is 0 Å². The van der Waals surface area contributed by atoms with Crippen LogP contribution in [0.4, 0.5) is 13.2 Å². The lowest BCUT2D eigenvalue weighted by Crippen LogP contribution is -2.08. The van der Waals surface area contributed by atoms with Crippen LogP contribution in [0.2, 0.25) is 0 Å². The number of furan rings is 1. The van der Waals surface area contributed by atoms with Crippen LogP contribution in [-0.4, -0.2) is 6.18 Å². The highest BCUT2D eigenvalue weighted by atomic mass is 19.4. The van der Waals surface area contributed by atoms with Gasteiger partial charge < -0.3 is 4.42 Å². The summed E-state index contributed by atoms with van der Waals surface area (Å²) in [4.78, 5) is 0. The highest BCUT2D eigenvalue weighted by Crippen LogP contribution is 2.29. The van der Waals surface area contributed by atoms with Gasteiger partial charge in [0.15, 0.2) is 0 Å². The highest BCUT2D eigenvalue weighted by molar-refractivity contribution is 5.09. The van der Waals surface area contributed by atoms with E-state index in [1.807, 2.05) is 0 Å². The summed E-state index contributed by atoms with van der Waals surface area (Å²) in [5.41, 5.74) is 0. The van der Waals surface area contributed by atoms with E-state index in [4.69, 9.17) is 4.42 Å². The molecule has 4 heteroatoms. The summed E-state index contributed by atoms with van der Waals surface area (Å²) in [6.45, 7) is 3.52. The Kier molecular flexibility index (Phi) is 3.24. The van der Waals surface area contributed by atoms with E-state index >= 15 is 0 Å². The molecule has 1 unspecified atom stereocenters. The Morgan fingerprint density at radius 3 is 2.43 bits per heavy atom. The molecule has 0 aliphatic carbocycles. The van der Waals surface area contributed by atoms with Crippen LogP contribution in [0.1, 0.15) is 37.2 Å². The van der Waals surface area contributed by atoms with Gasteiger partial charge >= 0.3 is 6.18 Å². The minimum atomic E-state index is -4.07. The van der Waals surface area contributed by atoms with E-state index < -0.39 is 12.6 Å². The summed E-state index contributed by atoms with van der Waals surface area (Å²) in [6, 6.07) is 3.50. The van der Waals surface area contributed by atoms with Crippen molar-refractivity contribution in [2.45, 2.75) is 38.8 Å². The number of hydrogen-bond acceptors (Lipinski definition) is 1. The molecular weight excluding hydrogens is 193 g/mol. The predicted octanol–water partition coefficient (Wildman–Crippen LogP) is 4.03. The third-order valence-electron chi connectivity index (χ3n) is 2.11. The summed E-state index contributed by atoms with van der Waals surface area (Å²) < 4.78 is 41.0. The maximum absolute atomic E-state index is 11.9. The van der Waals surface area contributed by atoms with E-state index in [2.05, 4.69) is 0 Å². The van der Waals surface area contributed by atoms with Crippen LogP contribution in [0.15, 0.2) is 16.5 Å². The van der Waals surface area contributed by atoms with E-state index in [0.29, 0.717) is 5.76 Å². The second-order valence-corrected chi connectivity index (χ2v) is 3.50. The van der Waals surface area contributed by atoms with Gasteiger partial charge in [0.05, 0.1) is 0 Å². The largest absolute Gasteiger partial charge is 0.466 e. The smallest absolute Gasteiger partial charge is 0.389 e. The molecule has 1 rings (SSSR count). The molecule has 0 aliphatic rings. The number of rotatable bonds is 3. The van der Waals surface area contributed by atoms with Crippen molar-refractivity contribution >= 4 is 0 Å². The molecule has 0 saturated heterocycles. The molecule has 0 fully saturated rings. The molecule has 1 heterocycles. The Morgan fingerprint density at radius 2 is 2.00 bits per heavy atom. The maximum atomic E-state index is 11.9. The Labute approximate surface area is 80.9 Å². The SMILES string of the molecule is Cc1ccc(C(C)CCC(F)(F)F)o1. The lowest BCUT2D eigenvalue weighted by molar-refractivity contribution is -0.136. The van der Waals surface area contributed by atoms with Gasteiger partial charge in [-0.2, -0.15) is 13.2 Å². The minimum Gasteiger partial charge on any atom is -0.466 e. The molecule has 0 spiro atoms. The zero-order valence-corrected chi connectivity index (χ0v) is 8.19. The van der Waals surface area contributed by atoms with E-state index in [9.17, 15) is 13.2 Å². The van der Waals surface area contributed by atoms with Gasteiger partial charge in [-0.1, -0.05) is 6.92 Å². The fourth-order valence-corrected chi connectivity index (χ4v) is 1.24. The Hall–Kier alpha value is -0.930. The van der Waals surface area contributed by atoms with Crippen molar-refractivity contribution in [2.24, 2.45) is 0 Å². The maximum Gasteiger partial charge on any atom is 0.389 e. The fraction of sp³-hybridized carbons (Fsp3) is 0.600. The third-order valence-corrected chi connectivity index (χ3v) is 2.11. The fourth-order valence-electron chi connectivity index (χ4n) is 1.24. The third kappa shape index (κ3) is 3.44. The first-order valence-electron chi connectivity index (χ1n) is 4.51. The van der Waals surface area contributed by atoms with Gasteiger partial charge in [0, 0.05) is 12.3 Å². The molecule has 0 aromatic carbocycles. The van der Waals surface area contributed by atoms with Gasteiger partial charge in [-0.05, 0) is 25.5 Å². The minimum absolute atomic E-state index is 0.0798. The molecule has 0 amide bonds. The molecule has 0 saturated carbocycles. The van der Waals surface area contributed by atoms with Crippen molar-refractivity contribution in [3.8, 4) is 0 Å². The molecule has 14 heavy (non-hydrogen) atoms. The average molecular weight is 206 g/mol. The lowest BCUT2D eigenvalue weighted by atomic mass is 10.0. The second kappa shape index (κ2) is 4.07. The molecule has 0 N–H and O–H groups in total. The molecule has 0 aliphatic heterocycles.